The van der Waals surface area contributed by atoms with E-state index in [0.717, 1.165) is 53.0 Å². The van der Waals surface area contributed by atoms with Crippen LogP contribution in [0.4, 0.5) is 0 Å². The van der Waals surface area contributed by atoms with Crippen LogP contribution < -0.4 is 0 Å². The molecule has 0 amide bonds. The van der Waals surface area contributed by atoms with Gasteiger partial charge in [-0.25, -0.2) is 0 Å². The Morgan fingerprint density at radius 1 is 1.06 bits per heavy atom. The minimum atomic E-state index is 0.202. The third kappa shape index (κ3) is 4.10. The highest BCUT2D eigenvalue weighted by atomic mass is 16.5. The Balaban J connectivity index is 1.34. The molecule has 1 saturated carbocycles. The molecule has 2 heterocycles. The quantitative estimate of drug-likeness (QED) is 0.571. The van der Waals surface area contributed by atoms with E-state index in [9.17, 15) is 0 Å². The van der Waals surface area contributed by atoms with Gasteiger partial charge in [-0.3, -0.25) is 0 Å². The Hall–Kier alpha value is -3.41. The normalized spacial score (nSPS) is 18.2. The Morgan fingerprint density at radius 2 is 1.90 bits per heavy atom. The zero-order chi connectivity index (χ0) is 21.0. The standard InChI is InChI=1S/C25H26N4O2/c1-2-19-15-24(22-9-5-6-10-23(22)31-19)30-16-17-11-13-18(14-12-17)20-7-3-4-8-21(20)25-26-28-29-27-25/h3-4,7-8,11-15,23H,2,5-6,9-10,16H2,1H3,(H,26,27,28,29). The van der Waals surface area contributed by atoms with Crippen LogP contribution in [0.25, 0.3) is 22.5 Å². The summed E-state index contributed by atoms with van der Waals surface area (Å²) in [6.45, 7) is 2.67. The number of aromatic nitrogens is 4. The molecule has 31 heavy (non-hydrogen) atoms. The molecule has 6 nitrogen and oxygen atoms in total. The second-order valence-corrected chi connectivity index (χ2v) is 7.97. The highest BCUT2D eigenvalue weighted by molar-refractivity contribution is 5.80. The average Bonchev–Trinajstić information content (AvgIpc) is 3.37. The van der Waals surface area contributed by atoms with Gasteiger partial charge in [0.25, 0.3) is 0 Å². The number of aromatic amines is 1. The van der Waals surface area contributed by atoms with Gasteiger partial charge in [0.1, 0.15) is 24.2 Å². The predicted molar refractivity (Wildman–Crippen MR) is 119 cm³/mol. The van der Waals surface area contributed by atoms with Gasteiger partial charge in [0.2, 0.25) is 5.82 Å². The van der Waals surface area contributed by atoms with Crippen molar-refractivity contribution < 1.29 is 9.47 Å². The molecule has 2 aliphatic rings. The van der Waals surface area contributed by atoms with Crippen LogP contribution in [-0.4, -0.2) is 26.7 Å². The van der Waals surface area contributed by atoms with Gasteiger partial charge in [-0.1, -0.05) is 55.5 Å². The molecule has 2 aromatic carbocycles. The minimum Gasteiger partial charge on any atom is -0.490 e. The molecule has 0 spiro atoms. The van der Waals surface area contributed by atoms with Crippen LogP contribution >= 0.6 is 0 Å². The molecule has 158 valence electrons. The maximum absolute atomic E-state index is 6.29. The van der Waals surface area contributed by atoms with Crippen LogP contribution in [0.15, 0.2) is 71.7 Å². The number of tetrazole rings is 1. The lowest BCUT2D eigenvalue weighted by Gasteiger charge is -2.32. The van der Waals surface area contributed by atoms with Gasteiger partial charge in [0, 0.05) is 23.6 Å². The monoisotopic (exact) mass is 414 g/mol. The third-order valence-electron chi connectivity index (χ3n) is 5.97. The minimum absolute atomic E-state index is 0.202. The summed E-state index contributed by atoms with van der Waals surface area (Å²) in [5, 5.41) is 14.5. The molecule has 0 radical (unpaired) electrons. The van der Waals surface area contributed by atoms with Crippen LogP contribution in [0.2, 0.25) is 0 Å². The Kier molecular flexibility index (Phi) is 5.52. The number of benzene rings is 2. The van der Waals surface area contributed by atoms with E-state index in [4.69, 9.17) is 9.47 Å². The van der Waals surface area contributed by atoms with Gasteiger partial charge in [0.05, 0.1) is 0 Å². The van der Waals surface area contributed by atoms with Crippen molar-refractivity contribution in [3.63, 3.8) is 0 Å². The van der Waals surface area contributed by atoms with Gasteiger partial charge < -0.3 is 9.47 Å². The first kappa shape index (κ1) is 19.5. The molecule has 0 saturated heterocycles. The summed E-state index contributed by atoms with van der Waals surface area (Å²) in [4.78, 5) is 0. The van der Waals surface area contributed by atoms with Gasteiger partial charge in [-0.05, 0) is 47.6 Å². The number of rotatable bonds is 6. The van der Waals surface area contributed by atoms with Crippen molar-refractivity contribution in [3.8, 4) is 22.5 Å². The van der Waals surface area contributed by atoms with E-state index in [-0.39, 0.29) is 6.10 Å². The van der Waals surface area contributed by atoms with Crippen LogP contribution in [0.1, 0.15) is 44.6 Å². The molecule has 1 unspecified atom stereocenters. The van der Waals surface area contributed by atoms with Crippen molar-refractivity contribution >= 4 is 0 Å². The van der Waals surface area contributed by atoms with E-state index in [1.807, 2.05) is 18.2 Å². The third-order valence-corrected chi connectivity index (χ3v) is 5.97. The van der Waals surface area contributed by atoms with Crippen molar-refractivity contribution in [2.75, 3.05) is 0 Å². The van der Waals surface area contributed by atoms with Gasteiger partial charge in [0.15, 0.2) is 0 Å². The fraction of sp³-hybridized carbons (Fsp3) is 0.320. The number of nitrogens with zero attached hydrogens (tertiary/aromatic N) is 3. The zero-order valence-electron chi connectivity index (χ0n) is 17.7. The fourth-order valence-electron chi connectivity index (χ4n) is 4.32. The van der Waals surface area contributed by atoms with Gasteiger partial charge in [-0.15, -0.1) is 10.2 Å². The predicted octanol–water partition coefficient (Wildman–Crippen LogP) is 5.57. The van der Waals surface area contributed by atoms with Crippen molar-refractivity contribution in [3.05, 3.63) is 77.3 Å². The molecule has 1 atom stereocenters. The van der Waals surface area contributed by atoms with Crippen LogP contribution in [-0.2, 0) is 16.1 Å². The molecular weight excluding hydrogens is 388 g/mol. The zero-order valence-corrected chi connectivity index (χ0v) is 17.7. The SMILES string of the molecule is CCC1=CC(OCc2ccc(-c3ccccc3-c3nn[nH]n3)cc2)=C2CCCCC2O1. The average molecular weight is 415 g/mol. The lowest BCUT2D eigenvalue weighted by molar-refractivity contribution is 0.0920. The topological polar surface area (TPSA) is 72.9 Å². The Morgan fingerprint density at radius 3 is 2.68 bits per heavy atom. The number of fused-ring (bicyclic) bond motifs is 1. The van der Waals surface area contributed by atoms with Gasteiger partial charge in [-0.2, -0.15) is 5.21 Å². The summed E-state index contributed by atoms with van der Waals surface area (Å²) in [5.74, 6) is 2.63. The van der Waals surface area contributed by atoms with Crippen molar-refractivity contribution in [2.45, 2.75) is 51.7 Å². The van der Waals surface area contributed by atoms with E-state index in [1.165, 1.54) is 18.4 Å². The van der Waals surface area contributed by atoms with E-state index >= 15 is 0 Å². The molecular formula is C25H26N4O2. The molecule has 1 aliphatic carbocycles. The Bertz CT molecular complexity index is 1100. The smallest absolute Gasteiger partial charge is 0.205 e. The highest BCUT2D eigenvalue weighted by Gasteiger charge is 2.28. The molecule has 5 rings (SSSR count). The number of hydrogen-bond acceptors (Lipinski definition) is 5. The first-order valence-corrected chi connectivity index (χ1v) is 11.0. The number of ether oxygens (including phenoxy) is 2. The van der Waals surface area contributed by atoms with Crippen LogP contribution in [0, 0.1) is 0 Å². The molecule has 1 fully saturated rings. The molecule has 0 bridgehead atoms. The first-order valence-electron chi connectivity index (χ1n) is 11.0. The Labute approximate surface area is 182 Å². The lowest BCUT2D eigenvalue weighted by atomic mass is 9.89. The first-order chi connectivity index (χ1) is 15.3. The number of H-pyrrole nitrogens is 1. The number of hydrogen-bond donors (Lipinski definition) is 1. The second-order valence-electron chi connectivity index (χ2n) is 7.97. The van der Waals surface area contributed by atoms with E-state index in [1.54, 1.807) is 0 Å². The number of nitrogens with one attached hydrogen (secondary N) is 1. The molecule has 3 aromatic rings. The summed E-state index contributed by atoms with van der Waals surface area (Å²) in [6, 6.07) is 16.6. The van der Waals surface area contributed by atoms with E-state index in [0.29, 0.717) is 12.4 Å². The largest absolute Gasteiger partial charge is 0.490 e. The fourth-order valence-corrected chi connectivity index (χ4v) is 4.32. The van der Waals surface area contributed by atoms with E-state index in [2.05, 4.69) is 64.0 Å². The van der Waals surface area contributed by atoms with Crippen molar-refractivity contribution in [2.24, 2.45) is 0 Å². The highest BCUT2D eigenvalue weighted by Crippen LogP contribution is 2.36. The number of allylic oxidation sites excluding steroid dienone is 2. The van der Waals surface area contributed by atoms with Crippen molar-refractivity contribution in [1.29, 1.82) is 0 Å². The maximum atomic E-state index is 6.29. The summed E-state index contributed by atoms with van der Waals surface area (Å²) < 4.78 is 12.4. The molecule has 6 heteroatoms. The molecule has 1 N–H and O–H groups in total. The van der Waals surface area contributed by atoms with Crippen molar-refractivity contribution in [1.82, 2.24) is 20.6 Å². The summed E-state index contributed by atoms with van der Waals surface area (Å²) in [5.41, 5.74) is 5.60. The van der Waals surface area contributed by atoms with E-state index < -0.39 is 0 Å². The van der Waals surface area contributed by atoms with Crippen LogP contribution in [0.5, 0.6) is 0 Å². The maximum Gasteiger partial charge on any atom is 0.205 e. The summed E-state index contributed by atoms with van der Waals surface area (Å²) in [6.07, 6.45) is 7.79. The molecule has 1 aromatic heterocycles. The summed E-state index contributed by atoms with van der Waals surface area (Å²) in [7, 11) is 0. The second kappa shape index (κ2) is 8.76. The molecule has 1 aliphatic heterocycles. The van der Waals surface area contributed by atoms with Crippen LogP contribution in [0.3, 0.4) is 0 Å². The van der Waals surface area contributed by atoms with Gasteiger partial charge >= 0.3 is 0 Å². The summed E-state index contributed by atoms with van der Waals surface area (Å²) >= 11 is 0. The lowest BCUT2D eigenvalue weighted by Crippen LogP contribution is -2.24.